The van der Waals surface area contributed by atoms with Crippen LogP contribution in [0.5, 0.6) is 0 Å². The molecule has 0 aromatic heterocycles. The van der Waals surface area contributed by atoms with Crippen LogP contribution in [0.2, 0.25) is 0 Å². The maximum Gasteiger partial charge on any atom is 0.305 e. The van der Waals surface area contributed by atoms with E-state index in [4.69, 9.17) is 9.84 Å². The molecule has 2 aliphatic heterocycles. The number of nitrogens with one attached hydrogen (secondary N) is 1. The van der Waals surface area contributed by atoms with E-state index in [0.29, 0.717) is 26.1 Å². The smallest absolute Gasteiger partial charge is 0.305 e. The highest BCUT2D eigenvalue weighted by atomic mass is 16.5. The number of carboxylic acids is 1. The Kier molecular flexibility index (Phi) is 4.54. The van der Waals surface area contributed by atoms with Crippen LogP contribution in [0.4, 0.5) is 0 Å². The van der Waals surface area contributed by atoms with Crippen LogP contribution in [-0.4, -0.2) is 59.0 Å². The van der Waals surface area contributed by atoms with E-state index in [0.717, 1.165) is 4.90 Å². The first kappa shape index (κ1) is 17.1. The summed E-state index contributed by atoms with van der Waals surface area (Å²) in [5.41, 5.74) is -0.377. The van der Waals surface area contributed by atoms with Gasteiger partial charge in [0.05, 0.1) is 23.1 Å². The minimum atomic E-state index is -1.03. The number of ether oxygens (including phenoxy) is 1. The fourth-order valence-electron chi connectivity index (χ4n) is 3.26. The molecular formula is C17H18N2O6. The monoisotopic (exact) mass is 346 g/mol. The standard InChI is InChI=1S/C17H18N2O6/c20-13(18-17(9-14(21)22)5-7-25-8-6-17)10-19-15(23)11-3-1-2-4-12(11)16(19)24/h1-4H,5-10H2,(H,18,20)(H,21,22). The second kappa shape index (κ2) is 6.64. The summed E-state index contributed by atoms with van der Waals surface area (Å²) in [7, 11) is 0. The highest BCUT2D eigenvalue weighted by Crippen LogP contribution is 2.26. The van der Waals surface area contributed by atoms with Gasteiger partial charge in [0.2, 0.25) is 5.91 Å². The second-order valence-corrected chi connectivity index (χ2v) is 6.25. The third-order valence-electron chi connectivity index (χ3n) is 4.52. The summed E-state index contributed by atoms with van der Waals surface area (Å²) >= 11 is 0. The van der Waals surface area contributed by atoms with E-state index in [1.165, 1.54) is 12.1 Å². The Balaban J connectivity index is 1.71. The molecule has 0 atom stereocenters. The number of carboxylic acid groups (broad SMARTS) is 1. The van der Waals surface area contributed by atoms with E-state index >= 15 is 0 Å². The number of aliphatic carboxylic acids is 1. The van der Waals surface area contributed by atoms with Crippen LogP contribution in [0.1, 0.15) is 40.0 Å². The summed E-state index contributed by atoms with van der Waals surface area (Å²) in [6, 6.07) is 6.38. The van der Waals surface area contributed by atoms with Gasteiger partial charge in [0.15, 0.2) is 0 Å². The molecule has 1 fully saturated rings. The molecule has 3 rings (SSSR count). The Bertz CT molecular complexity index is 703. The van der Waals surface area contributed by atoms with Crippen molar-refractivity contribution >= 4 is 23.7 Å². The number of carbonyl (C=O) groups excluding carboxylic acids is 3. The van der Waals surface area contributed by atoms with Crippen molar-refractivity contribution in [1.29, 1.82) is 0 Å². The molecule has 1 aromatic carbocycles. The highest BCUT2D eigenvalue weighted by molar-refractivity contribution is 6.22. The van der Waals surface area contributed by atoms with E-state index in [-0.39, 0.29) is 17.5 Å². The molecule has 0 saturated carbocycles. The largest absolute Gasteiger partial charge is 0.481 e. The molecule has 3 amide bonds. The van der Waals surface area contributed by atoms with Gasteiger partial charge in [-0.25, -0.2) is 0 Å². The first-order chi connectivity index (χ1) is 11.9. The van der Waals surface area contributed by atoms with Crippen molar-refractivity contribution in [3.8, 4) is 0 Å². The zero-order valence-electron chi connectivity index (χ0n) is 13.5. The molecule has 2 heterocycles. The van der Waals surface area contributed by atoms with Crippen molar-refractivity contribution in [1.82, 2.24) is 10.2 Å². The molecule has 25 heavy (non-hydrogen) atoms. The van der Waals surface area contributed by atoms with Crippen LogP contribution in [0, 0.1) is 0 Å². The van der Waals surface area contributed by atoms with Gasteiger partial charge >= 0.3 is 5.97 Å². The van der Waals surface area contributed by atoms with E-state index in [2.05, 4.69) is 5.32 Å². The van der Waals surface area contributed by atoms with Crippen molar-refractivity contribution in [3.05, 3.63) is 35.4 Å². The number of hydrogen-bond acceptors (Lipinski definition) is 5. The van der Waals surface area contributed by atoms with Gasteiger partial charge in [0.1, 0.15) is 6.54 Å². The molecule has 0 spiro atoms. The summed E-state index contributed by atoms with van der Waals surface area (Å²) in [4.78, 5) is 49.0. The number of hydrogen-bond donors (Lipinski definition) is 2. The molecule has 0 unspecified atom stereocenters. The number of fused-ring (bicyclic) bond motifs is 1. The summed E-state index contributed by atoms with van der Waals surface area (Å²) < 4.78 is 5.23. The van der Waals surface area contributed by atoms with E-state index in [9.17, 15) is 19.2 Å². The molecule has 1 aromatic rings. The third kappa shape index (κ3) is 3.39. The number of benzene rings is 1. The maximum absolute atomic E-state index is 12.4. The normalized spacial score (nSPS) is 18.8. The van der Waals surface area contributed by atoms with Crippen molar-refractivity contribution in [3.63, 3.8) is 0 Å². The lowest BCUT2D eigenvalue weighted by Crippen LogP contribution is -2.55. The SMILES string of the molecule is O=C(O)CC1(NC(=O)CN2C(=O)c3ccccc3C2=O)CCOCC1. The van der Waals surface area contributed by atoms with E-state index in [1.54, 1.807) is 12.1 Å². The molecule has 8 heteroatoms. The lowest BCUT2D eigenvalue weighted by Gasteiger charge is -2.37. The van der Waals surface area contributed by atoms with Gasteiger partial charge in [0.25, 0.3) is 11.8 Å². The Hall–Kier alpha value is -2.74. The van der Waals surface area contributed by atoms with Crippen LogP contribution < -0.4 is 5.32 Å². The molecule has 1 saturated heterocycles. The predicted octanol–water partition coefficient (Wildman–Crippen LogP) is 0.423. The van der Waals surface area contributed by atoms with Gasteiger partial charge in [-0.15, -0.1) is 0 Å². The zero-order valence-corrected chi connectivity index (χ0v) is 13.5. The lowest BCUT2D eigenvalue weighted by atomic mass is 9.86. The number of imide groups is 1. The van der Waals surface area contributed by atoms with Gasteiger partial charge in [-0.3, -0.25) is 24.1 Å². The molecule has 2 aliphatic rings. The number of rotatable bonds is 5. The Morgan fingerprint density at radius 3 is 2.20 bits per heavy atom. The fraction of sp³-hybridized carbons (Fsp3) is 0.412. The van der Waals surface area contributed by atoms with Gasteiger partial charge in [0, 0.05) is 13.2 Å². The number of carbonyl (C=O) groups is 4. The predicted molar refractivity (Wildman–Crippen MR) is 85.0 cm³/mol. The zero-order chi connectivity index (χ0) is 18.0. The Morgan fingerprint density at radius 2 is 1.68 bits per heavy atom. The van der Waals surface area contributed by atoms with Crippen molar-refractivity contribution < 1.29 is 29.0 Å². The van der Waals surface area contributed by atoms with Crippen molar-refractivity contribution in [2.24, 2.45) is 0 Å². The summed E-state index contributed by atoms with van der Waals surface area (Å²) in [5, 5.41) is 11.8. The first-order valence-corrected chi connectivity index (χ1v) is 7.98. The minimum Gasteiger partial charge on any atom is -0.481 e. The fourth-order valence-corrected chi connectivity index (χ4v) is 3.26. The topological polar surface area (TPSA) is 113 Å². The van der Waals surface area contributed by atoms with Crippen LogP contribution in [-0.2, 0) is 14.3 Å². The average molecular weight is 346 g/mol. The first-order valence-electron chi connectivity index (χ1n) is 7.98. The molecule has 132 valence electrons. The molecular weight excluding hydrogens is 328 g/mol. The second-order valence-electron chi connectivity index (χ2n) is 6.25. The van der Waals surface area contributed by atoms with Gasteiger partial charge in [-0.2, -0.15) is 0 Å². The number of amides is 3. The third-order valence-corrected chi connectivity index (χ3v) is 4.52. The lowest BCUT2D eigenvalue weighted by molar-refractivity contribution is -0.140. The van der Waals surface area contributed by atoms with Gasteiger partial charge in [-0.1, -0.05) is 12.1 Å². The molecule has 0 bridgehead atoms. The van der Waals surface area contributed by atoms with E-state index in [1.807, 2.05) is 0 Å². The number of nitrogens with zero attached hydrogens (tertiary/aromatic N) is 1. The molecule has 2 N–H and O–H groups in total. The summed E-state index contributed by atoms with van der Waals surface area (Å²) in [5.74, 6) is -2.62. The minimum absolute atomic E-state index is 0.232. The maximum atomic E-state index is 12.4. The highest BCUT2D eigenvalue weighted by Gasteiger charge is 2.40. The summed E-state index contributed by atoms with van der Waals surface area (Å²) in [6.45, 7) is 0.260. The molecule has 0 radical (unpaired) electrons. The Morgan fingerprint density at radius 1 is 1.12 bits per heavy atom. The van der Waals surface area contributed by atoms with Crippen molar-refractivity contribution in [2.75, 3.05) is 19.8 Å². The van der Waals surface area contributed by atoms with Gasteiger partial charge < -0.3 is 15.2 Å². The Labute approximate surface area is 143 Å². The van der Waals surface area contributed by atoms with Crippen LogP contribution in [0.15, 0.2) is 24.3 Å². The van der Waals surface area contributed by atoms with Crippen LogP contribution in [0.3, 0.4) is 0 Å². The van der Waals surface area contributed by atoms with Crippen LogP contribution >= 0.6 is 0 Å². The van der Waals surface area contributed by atoms with Gasteiger partial charge in [-0.05, 0) is 25.0 Å². The quantitative estimate of drug-likeness (QED) is 0.747. The molecule has 0 aliphatic carbocycles. The van der Waals surface area contributed by atoms with E-state index < -0.39 is 35.8 Å². The van der Waals surface area contributed by atoms with Crippen molar-refractivity contribution in [2.45, 2.75) is 24.8 Å². The van der Waals surface area contributed by atoms with Crippen LogP contribution in [0.25, 0.3) is 0 Å². The average Bonchev–Trinajstić information content (AvgIpc) is 2.80. The summed E-state index contributed by atoms with van der Waals surface area (Å²) in [6.07, 6.45) is 0.504. The molecule has 8 nitrogen and oxygen atoms in total.